The van der Waals surface area contributed by atoms with E-state index in [4.69, 9.17) is 0 Å². The Balaban J connectivity index is 1.26. The first kappa shape index (κ1) is 22.2. The number of benzene rings is 2. The number of rotatable bonds is 6. The molecule has 3 heterocycles. The summed E-state index contributed by atoms with van der Waals surface area (Å²) in [5, 5.41) is 8.05. The first-order valence-electron chi connectivity index (χ1n) is 11.3. The maximum absolute atomic E-state index is 13.2. The first-order valence-corrected chi connectivity index (χ1v) is 12.2. The van der Waals surface area contributed by atoms with E-state index in [-0.39, 0.29) is 17.6 Å². The highest BCUT2D eigenvalue weighted by molar-refractivity contribution is 7.99. The number of nitrogens with one attached hydrogen (secondary N) is 2. The van der Waals surface area contributed by atoms with Crippen LogP contribution in [0.5, 0.6) is 0 Å². The molecule has 1 saturated heterocycles. The summed E-state index contributed by atoms with van der Waals surface area (Å²) in [6, 6.07) is 15.4. The number of aryl methyl sites for hydroxylation is 2. The number of carbonyl (C=O) groups is 2. The zero-order chi connectivity index (χ0) is 23.7. The lowest BCUT2D eigenvalue weighted by molar-refractivity contribution is -0.134. The zero-order valence-corrected chi connectivity index (χ0v) is 19.9. The third-order valence-electron chi connectivity index (χ3n) is 6.09. The van der Waals surface area contributed by atoms with E-state index in [0.717, 1.165) is 34.1 Å². The molecule has 2 aromatic carbocycles. The average molecular weight is 475 g/mol. The predicted octanol–water partition coefficient (Wildman–Crippen LogP) is 3.99. The SMILES string of the molecule is Cc1ccc2[nH]c(SCC(=O)N3CCC[C@H]3C(=O)Nc3c(-c4ccccc4)cnn3C)nc2c1. The number of fused-ring (bicyclic) bond motifs is 1. The predicted molar refractivity (Wildman–Crippen MR) is 134 cm³/mol. The van der Waals surface area contributed by atoms with Gasteiger partial charge in [-0.1, -0.05) is 48.2 Å². The molecule has 8 nitrogen and oxygen atoms in total. The van der Waals surface area contributed by atoms with Crippen molar-refractivity contribution in [1.29, 1.82) is 0 Å². The lowest BCUT2D eigenvalue weighted by atomic mass is 10.1. The van der Waals surface area contributed by atoms with Gasteiger partial charge in [0.1, 0.15) is 11.9 Å². The van der Waals surface area contributed by atoms with Gasteiger partial charge in [-0.3, -0.25) is 14.3 Å². The maximum Gasteiger partial charge on any atom is 0.248 e. The number of imidazole rings is 1. The fraction of sp³-hybridized carbons (Fsp3) is 0.280. The number of carbonyl (C=O) groups excluding carboxylic acids is 2. The number of H-pyrrole nitrogens is 1. The van der Waals surface area contributed by atoms with Crippen LogP contribution in [-0.2, 0) is 16.6 Å². The van der Waals surface area contributed by atoms with Gasteiger partial charge in [0.15, 0.2) is 5.16 Å². The summed E-state index contributed by atoms with van der Waals surface area (Å²) in [6.45, 7) is 2.60. The number of aromatic nitrogens is 4. The molecular weight excluding hydrogens is 448 g/mol. The van der Waals surface area contributed by atoms with Gasteiger partial charge in [0.05, 0.1) is 23.0 Å². The molecule has 0 saturated carbocycles. The van der Waals surface area contributed by atoms with Crippen molar-refractivity contribution in [3.05, 3.63) is 60.3 Å². The molecule has 5 rings (SSSR count). The Morgan fingerprint density at radius 2 is 2.03 bits per heavy atom. The molecule has 1 aliphatic rings. The second-order valence-electron chi connectivity index (χ2n) is 8.48. The lowest BCUT2D eigenvalue weighted by Gasteiger charge is -2.24. The van der Waals surface area contributed by atoms with E-state index >= 15 is 0 Å². The largest absolute Gasteiger partial charge is 0.333 e. The van der Waals surface area contributed by atoms with Crippen molar-refractivity contribution < 1.29 is 9.59 Å². The Labute approximate surface area is 201 Å². The molecule has 34 heavy (non-hydrogen) atoms. The zero-order valence-electron chi connectivity index (χ0n) is 19.1. The Hall–Kier alpha value is -3.59. The van der Waals surface area contributed by atoms with Gasteiger partial charge in [0.25, 0.3) is 0 Å². The number of thioether (sulfide) groups is 1. The molecule has 0 spiro atoms. The molecule has 9 heteroatoms. The molecule has 174 valence electrons. The molecule has 0 unspecified atom stereocenters. The van der Waals surface area contributed by atoms with Gasteiger partial charge in [-0.15, -0.1) is 0 Å². The van der Waals surface area contributed by atoms with Crippen molar-refractivity contribution in [2.45, 2.75) is 31.0 Å². The number of nitrogens with zero attached hydrogens (tertiary/aromatic N) is 4. The van der Waals surface area contributed by atoms with E-state index in [1.165, 1.54) is 11.8 Å². The number of aromatic amines is 1. The number of hydrogen-bond acceptors (Lipinski definition) is 5. The number of amides is 2. The highest BCUT2D eigenvalue weighted by Gasteiger charge is 2.34. The molecule has 2 amide bonds. The number of likely N-dealkylation sites (tertiary alicyclic amines) is 1. The van der Waals surface area contributed by atoms with Crippen LogP contribution in [0.3, 0.4) is 0 Å². The van der Waals surface area contributed by atoms with Crippen molar-refractivity contribution in [2.24, 2.45) is 7.05 Å². The lowest BCUT2D eigenvalue weighted by Crippen LogP contribution is -2.44. The van der Waals surface area contributed by atoms with Crippen molar-refractivity contribution in [2.75, 3.05) is 17.6 Å². The minimum absolute atomic E-state index is 0.0624. The second-order valence-corrected chi connectivity index (χ2v) is 9.45. The first-order chi connectivity index (χ1) is 16.5. The molecule has 1 fully saturated rings. The van der Waals surface area contributed by atoms with E-state index in [1.54, 1.807) is 22.8 Å². The van der Waals surface area contributed by atoms with E-state index in [0.29, 0.717) is 23.9 Å². The summed E-state index contributed by atoms with van der Waals surface area (Å²) in [6.07, 6.45) is 3.19. The quantitative estimate of drug-likeness (QED) is 0.412. The van der Waals surface area contributed by atoms with E-state index < -0.39 is 6.04 Å². The fourth-order valence-electron chi connectivity index (χ4n) is 4.33. The van der Waals surface area contributed by atoms with Crippen LogP contribution in [0.15, 0.2) is 59.9 Å². The monoisotopic (exact) mass is 474 g/mol. The third-order valence-corrected chi connectivity index (χ3v) is 6.95. The number of hydrogen-bond donors (Lipinski definition) is 2. The molecule has 4 aromatic rings. The third kappa shape index (κ3) is 4.43. The van der Waals surface area contributed by atoms with E-state index in [2.05, 4.69) is 20.4 Å². The smallest absolute Gasteiger partial charge is 0.248 e. The van der Waals surface area contributed by atoms with Crippen LogP contribution in [0.2, 0.25) is 0 Å². The molecule has 0 bridgehead atoms. The molecule has 2 N–H and O–H groups in total. The topological polar surface area (TPSA) is 95.9 Å². The van der Waals surface area contributed by atoms with Crippen molar-refractivity contribution in [1.82, 2.24) is 24.6 Å². The van der Waals surface area contributed by atoms with Crippen LogP contribution in [0.25, 0.3) is 22.2 Å². The van der Waals surface area contributed by atoms with Gasteiger partial charge in [0, 0.05) is 19.2 Å². The van der Waals surface area contributed by atoms with Crippen LogP contribution in [-0.4, -0.2) is 54.8 Å². The number of anilines is 1. The fourth-order valence-corrected chi connectivity index (χ4v) is 5.10. The van der Waals surface area contributed by atoms with Crippen LogP contribution >= 0.6 is 11.8 Å². The highest BCUT2D eigenvalue weighted by Crippen LogP contribution is 2.29. The summed E-state index contributed by atoms with van der Waals surface area (Å²) in [4.78, 5) is 35.8. The van der Waals surface area contributed by atoms with Crippen LogP contribution in [0.1, 0.15) is 18.4 Å². The van der Waals surface area contributed by atoms with Crippen LogP contribution in [0.4, 0.5) is 5.82 Å². The molecule has 0 radical (unpaired) electrons. The van der Waals surface area contributed by atoms with Gasteiger partial charge in [0.2, 0.25) is 11.8 Å². The Morgan fingerprint density at radius 3 is 2.85 bits per heavy atom. The molecule has 1 atom stereocenters. The molecular formula is C25H26N6O2S. The van der Waals surface area contributed by atoms with Crippen molar-refractivity contribution in [3.63, 3.8) is 0 Å². The van der Waals surface area contributed by atoms with Crippen molar-refractivity contribution >= 4 is 40.4 Å². The van der Waals surface area contributed by atoms with Gasteiger partial charge in [-0.2, -0.15) is 5.10 Å². The minimum Gasteiger partial charge on any atom is -0.333 e. The Kier molecular flexibility index (Phi) is 6.10. The van der Waals surface area contributed by atoms with Gasteiger partial charge in [-0.25, -0.2) is 4.98 Å². The maximum atomic E-state index is 13.2. The summed E-state index contributed by atoms with van der Waals surface area (Å²) in [5.41, 5.74) is 4.80. The van der Waals surface area contributed by atoms with Crippen molar-refractivity contribution in [3.8, 4) is 11.1 Å². The minimum atomic E-state index is -0.495. The van der Waals surface area contributed by atoms with Crippen LogP contribution < -0.4 is 5.32 Å². The van der Waals surface area contributed by atoms with Crippen LogP contribution in [0, 0.1) is 6.92 Å². The second kappa shape index (κ2) is 9.34. The summed E-state index contributed by atoms with van der Waals surface area (Å²) in [7, 11) is 1.80. The standard InChI is InChI=1S/C25H26N6O2S/c1-16-10-11-19-20(13-16)28-25(27-19)34-15-22(32)31-12-6-9-21(31)24(33)29-23-18(14-26-30(23)2)17-7-4-3-5-8-17/h3-5,7-8,10-11,13-14,21H,6,9,12,15H2,1-2H3,(H,27,28)(H,29,33)/t21-/m0/s1. The summed E-state index contributed by atoms with van der Waals surface area (Å²) >= 11 is 1.36. The van der Waals surface area contributed by atoms with E-state index in [1.807, 2.05) is 55.5 Å². The molecule has 1 aliphatic heterocycles. The van der Waals surface area contributed by atoms with Gasteiger partial charge < -0.3 is 15.2 Å². The van der Waals surface area contributed by atoms with Gasteiger partial charge in [-0.05, 0) is 43.0 Å². The van der Waals surface area contributed by atoms with E-state index in [9.17, 15) is 9.59 Å². The normalized spacial score (nSPS) is 15.7. The summed E-state index contributed by atoms with van der Waals surface area (Å²) < 4.78 is 1.65. The molecule has 2 aromatic heterocycles. The highest BCUT2D eigenvalue weighted by atomic mass is 32.2. The summed E-state index contributed by atoms with van der Waals surface area (Å²) in [5.74, 6) is 0.606. The van der Waals surface area contributed by atoms with Gasteiger partial charge >= 0.3 is 0 Å². The Bertz CT molecular complexity index is 1350. The average Bonchev–Trinajstić information content (AvgIpc) is 3.57. The molecule has 0 aliphatic carbocycles. The Morgan fingerprint density at radius 1 is 1.21 bits per heavy atom.